The molecule has 1 aromatic heterocycles. The summed E-state index contributed by atoms with van der Waals surface area (Å²) in [5, 5.41) is 2.96. The van der Waals surface area contributed by atoms with Gasteiger partial charge in [0.2, 0.25) is 0 Å². The third kappa shape index (κ3) is 5.81. The van der Waals surface area contributed by atoms with E-state index in [1.165, 1.54) is 0 Å². The van der Waals surface area contributed by atoms with Crippen LogP contribution in [0.25, 0.3) is 0 Å². The molecule has 1 aliphatic heterocycles. The first-order chi connectivity index (χ1) is 16.2. The molecule has 1 N–H and O–H groups in total. The van der Waals surface area contributed by atoms with Gasteiger partial charge in [-0.3, -0.25) is 9.78 Å². The summed E-state index contributed by atoms with van der Waals surface area (Å²) in [7, 11) is 1.59. The van der Waals surface area contributed by atoms with E-state index in [2.05, 4.69) is 27.0 Å². The highest BCUT2D eigenvalue weighted by atomic mass is 16.5. The lowest BCUT2D eigenvalue weighted by Crippen LogP contribution is -2.46. The van der Waals surface area contributed by atoms with Gasteiger partial charge in [0.1, 0.15) is 6.61 Å². The Labute approximate surface area is 195 Å². The number of carbonyl (C=O) groups excluding carboxylic acids is 1. The number of aromatic nitrogens is 1. The molecule has 0 bridgehead atoms. The van der Waals surface area contributed by atoms with Crippen LogP contribution in [0.5, 0.6) is 11.5 Å². The van der Waals surface area contributed by atoms with Gasteiger partial charge in [0.25, 0.3) is 5.91 Å². The maximum Gasteiger partial charge on any atom is 0.255 e. The Hall–Kier alpha value is -3.58. The summed E-state index contributed by atoms with van der Waals surface area (Å²) in [4.78, 5) is 21.6. The number of pyridine rings is 1. The van der Waals surface area contributed by atoms with Crippen LogP contribution in [-0.4, -0.2) is 55.6 Å². The van der Waals surface area contributed by atoms with E-state index in [1.54, 1.807) is 37.7 Å². The lowest BCUT2D eigenvalue weighted by molar-refractivity contribution is 0.102. The molecule has 0 radical (unpaired) electrons. The first-order valence-corrected chi connectivity index (χ1v) is 11.2. The van der Waals surface area contributed by atoms with E-state index in [-0.39, 0.29) is 5.91 Å². The average Bonchev–Trinajstić information content (AvgIpc) is 2.88. The van der Waals surface area contributed by atoms with Crippen molar-refractivity contribution < 1.29 is 14.3 Å². The molecule has 3 aromatic rings. The van der Waals surface area contributed by atoms with Gasteiger partial charge in [-0.1, -0.05) is 6.92 Å². The number of piperazine rings is 1. The number of rotatable bonds is 8. The fraction of sp³-hybridized carbons (Fsp3) is 0.308. The highest BCUT2D eigenvalue weighted by Gasteiger charge is 2.16. The zero-order chi connectivity index (χ0) is 23.0. The summed E-state index contributed by atoms with van der Waals surface area (Å²) < 4.78 is 11.3. The fourth-order valence-corrected chi connectivity index (χ4v) is 3.86. The molecule has 1 fully saturated rings. The first kappa shape index (κ1) is 22.6. The maximum absolute atomic E-state index is 12.8. The number of nitrogens with zero attached hydrogens (tertiary/aromatic N) is 3. The molecule has 172 valence electrons. The lowest BCUT2D eigenvalue weighted by Gasteiger charge is -2.35. The van der Waals surface area contributed by atoms with Gasteiger partial charge in [-0.05, 0) is 60.6 Å². The smallest absolute Gasteiger partial charge is 0.255 e. The van der Waals surface area contributed by atoms with Crippen LogP contribution in [0.3, 0.4) is 0 Å². The van der Waals surface area contributed by atoms with Crippen molar-refractivity contribution >= 4 is 17.3 Å². The Morgan fingerprint density at radius 3 is 2.36 bits per heavy atom. The first-order valence-electron chi connectivity index (χ1n) is 11.2. The van der Waals surface area contributed by atoms with Gasteiger partial charge in [-0.2, -0.15) is 0 Å². The number of likely N-dealkylation sites (N-methyl/N-ethyl adjacent to an activating group) is 1. The van der Waals surface area contributed by atoms with Crippen LogP contribution in [0.4, 0.5) is 11.4 Å². The molecule has 0 atom stereocenters. The number of hydrogen-bond donors (Lipinski definition) is 1. The van der Waals surface area contributed by atoms with Gasteiger partial charge >= 0.3 is 0 Å². The zero-order valence-corrected chi connectivity index (χ0v) is 19.2. The summed E-state index contributed by atoms with van der Waals surface area (Å²) in [6.45, 7) is 7.82. The summed E-state index contributed by atoms with van der Waals surface area (Å²) in [6.07, 6.45) is 3.45. The monoisotopic (exact) mass is 446 g/mol. The molecule has 4 rings (SSSR count). The molecule has 1 amide bonds. The van der Waals surface area contributed by atoms with Crippen LogP contribution < -0.4 is 19.7 Å². The minimum Gasteiger partial charge on any atom is -0.493 e. The number of amides is 1. The van der Waals surface area contributed by atoms with Crippen LogP contribution in [0, 0.1) is 0 Å². The second kappa shape index (κ2) is 10.8. The molecule has 0 unspecified atom stereocenters. The van der Waals surface area contributed by atoms with E-state index in [1.807, 2.05) is 36.4 Å². The molecule has 1 saturated heterocycles. The highest BCUT2D eigenvalue weighted by molar-refractivity contribution is 6.04. The number of nitrogens with one attached hydrogen (secondary N) is 1. The summed E-state index contributed by atoms with van der Waals surface area (Å²) >= 11 is 0. The minimum atomic E-state index is -0.164. The Kier molecular flexibility index (Phi) is 7.42. The van der Waals surface area contributed by atoms with Crippen molar-refractivity contribution in [3.63, 3.8) is 0 Å². The maximum atomic E-state index is 12.8. The lowest BCUT2D eigenvalue weighted by atomic mass is 10.1. The Bertz CT molecular complexity index is 1050. The third-order valence-electron chi connectivity index (χ3n) is 5.88. The molecule has 0 saturated carbocycles. The summed E-state index contributed by atoms with van der Waals surface area (Å²) in [5.74, 6) is 1.01. The van der Waals surface area contributed by atoms with Crippen molar-refractivity contribution in [1.82, 2.24) is 9.88 Å². The third-order valence-corrected chi connectivity index (χ3v) is 5.88. The highest BCUT2D eigenvalue weighted by Crippen LogP contribution is 2.31. The number of anilines is 2. The Balaban J connectivity index is 1.39. The van der Waals surface area contributed by atoms with E-state index in [4.69, 9.17) is 9.47 Å². The number of benzene rings is 2. The number of ether oxygens (including phenoxy) is 2. The normalized spacial score (nSPS) is 14.1. The fourth-order valence-electron chi connectivity index (χ4n) is 3.86. The van der Waals surface area contributed by atoms with Crippen molar-refractivity contribution in [1.29, 1.82) is 0 Å². The minimum absolute atomic E-state index is 0.164. The van der Waals surface area contributed by atoms with Crippen molar-refractivity contribution in [2.24, 2.45) is 0 Å². The molecule has 7 nitrogen and oxygen atoms in total. The predicted molar refractivity (Wildman–Crippen MR) is 130 cm³/mol. The summed E-state index contributed by atoms with van der Waals surface area (Å²) in [5.41, 5.74) is 3.41. The van der Waals surface area contributed by atoms with E-state index >= 15 is 0 Å². The van der Waals surface area contributed by atoms with Crippen molar-refractivity contribution in [2.75, 3.05) is 50.1 Å². The predicted octanol–water partition coefficient (Wildman–Crippen LogP) is 4.06. The molecule has 0 aliphatic carbocycles. The van der Waals surface area contributed by atoms with E-state index in [0.29, 0.717) is 29.4 Å². The van der Waals surface area contributed by atoms with Gasteiger partial charge in [0.05, 0.1) is 7.11 Å². The second-order valence-electron chi connectivity index (χ2n) is 7.93. The van der Waals surface area contributed by atoms with Gasteiger partial charge < -0.3 is 24.6 Å². The van der Waals surface area contributed by atoms with Gasteiger partial charge in [-0.25, -0.2) is 0 Å². The van der Waals surface area contributed by atoms with Crippen LogP contribution >= 0.6 is 0 Å². The molecule has 7 heteroatoms. The van der Waals surface area contributed by atoms with Crippen LogP contribution in [0.15, 0.2) is 67.0 Å². The molecule has 0 spiro atoms. The molecule has 33 heavy (non-hydrogen) atoms. The van der Waals surface area contributed by atoms with Crippen LogP contribution in [0.2, 0.25) is 0 Å². The van der Waals surface area contributed by atoms with Gasteiger partial charge in [0, 0.05) is 61.6 Å². The Morgan fingerprint density at radius 2 is 1.70 bits per heavy atom. The average molecular weight is 447 g/mol. The standard InChI is InChI=1S/C26H30N4O3/c1-3-29-14-16-30(17-15-29)23-7-4-21(5-8-23)26(31)28-22-6-9-24(32-2)25(18-22)33-19-20-10-12-27-13-11-20/h4-13,18H,3,14-17,19H2,1-2H3,(H,28,31). The van der Waals surface area contributed by atoms with E-state index in [9.17, 15) is 4.79 Å². The van der Waals surface area contributed by atoms with E-state index < -0.39 is 0 Å². The largest absolute Gasteiger partial charge is 0.493 e. The van der Waals surface area contributed by atoms with Gasteiger partial charge in [0.15, 0.2) is 11.5 Å². The van der Waals surface area contributed by atoms with Gasteiger partial charge in [-0.15, -0.1) is 0 Å². The van der Waals surface area contributed by atoms with Crippen molar-refractivity contribution in [3.05, 3.63) is 78.1 Å². The SMILES string of the molecule is CCN1CCN(c2ccc(C(=O)Nc3ccc(OC)c(OCc4ccncc4)c3)cc2)CC1. The number of hydrogen-bond acceptors (Lipinski definition) is 6. The molecule has 2 aromatic carbocycles. The molecule has 1 aliphatic rings. The number of carbonyl (C=O) groups is 1. The molecular formula is C26H30N4O3. The van der Waals surface area contributed by atoms with E-state index in [0.717, 1.165) is 44.0 Å². The second-order valence-corrected chi connectivity index (χ2v) is 7.93. The van der Waals surface area contributed by atoms with Crippen LogP contribution in [0.1, 0.15) is 22.8 Å². The number of methoxy groups -OCH3 is 1. The molecule has 2 heterocycles. The van der Waals surface area contributed by atoms with Crippen LogP contribution in [-0.2, 0) is 6.61 Å². The zero-order valence-electron chi connectivity index (χ0n) is 19.2. The van der Waals surface area contributed by atoms with Crippen molar-refractivity contribution in [3.8, 4) is 11.5 Å². The van der Waals surface area contributed by atoms with Crippen molar-refractivity contribution in [2.45, 2.75) is 13.5 Å². The molecular weight excluding hydrogens is 416 g/mol. The summed E-state index contributed by atoms with van der Waals surface area (Å²) in [6, 6.07) is 17.0. The Morgan fingerprint density at radius 1 is 0.970 bits per heavy atom. The topological polar surface area (TPSA) is 66.9 Å². The quantitative estimate of drug-likeness (QED) is 0.563.